The van der Waals surface area contributed by atoms with Crippen LogP contribution in [0.25, 0.3) is 0 Å². The van der Waals surface area contributed by atoms with Gasteiger partial charge in [-0.25, -0.2) is 0 Å². The fraction of sp³-hybridized carbons (Fsp3) is 0. The molecule has 5 N–H and O–H groups in total. The SMILES string of the molecule is Nc1c(O)cc(Cl)c(N)c1Cl. The molecular formula is C6H6Cl2N2O. The first-order chi connectivity index (χ1) is 5.04. The van der Waals surface area contributed by atoms with Gasteiger partial charge in [0.1, 0.15) is 5.75 Å². The zero-order chi connectivity index (χ0) is 8.59. The largest absolute Gasteiger partial charge is 0.506 e. The van der Waals surface area contributed by atoms with Crippen molar-refractivity contribution in [2.24, 2.45) is 0 Å². The standard InChI is InChI=1S/C6H6Cl2N2O/c7-2-1-3(11)6(10)4(8)5(2)9/h1,11H,9-10H2. The van der Waals surface area contributed by atoms with Crippen LogP contribution in [0.5, 0.6) is 5.75 Å². The second kappa shape index (κ2) is 2.68. The van der Waals surface area contributed by atoms with Gasteiger partial charge in [-0.1, -0.05) is 23.2 Å². The number of nitrogen functional groups attached to an aromatic ring is 2. The lowest BCUT2D eigenvalue weighted by atomic mass is 10.2. The Morgan fingerprint density at radius 3 is 2.27 bits per heavy atom. The summed E-state index contributed by atoms with van der Waals surface area (Å²) in [6.07, 6.45) is 0. The Morgan fingerprint density at radius 1 is 1.18 bits per heavy atom. The number of anilines is 2. The molecule has 3 nitrogen and oxygen atoms in total. The molecule has 0 amide bonds. The molecule has 0 atom stereocenters. The lowest BCUT2D eigenvalue weighted by Crippen LogP contribution is -1.93. The predicted molar refractivity (Wildman–Crippen MR) is 47.0 cm³/mol. The number of nitrogens with two attached hydrogens (primary N) is 2. The summed E-state index contributed by atoms with van der Waals surface area (Å²) in [7, 11) is 0. The fourth-order valence-electron chi connectivity index (χ4n) is 0.638. The fourth-order valence-corrected chi connectivity index (χ4v) is 1.08. The van der Waals surface area contributed by atoms with Crippen molar-refractivity contribution in [3.05, 3.63) is 16.1 Å². The van der Waals surface area contributed by atoms with Gasteiger partial charge in [-0.15, -0.1) is 0 Å². The van der Waals surface area contributed by atoms with Crippen molar-refractivity contribution in [3.63, 3.8) is 0 Å². The number of phenols is 1. The molecule has 0 heterocycles. The Kier molecular flexibility index (Phi) is 2.02. The van der Waals surface area contributed by atoms with Gasteiger partial charge in [0.05, 0.1) is 21.4 Å². The molecule has 0 saturated heterocycles. The third-order valence-electron chi connectivity index (χ3n) is 1.27. The molecule has 0 aliphatic heterocycles. The van der Waals surface area contributed by atoms with Gasteiger partial charge in [-0.3, -0.25) is 0 Å². The first kappa shape index (κ1) is 8.30. The highest BCUT2D eigenvalue weighted by Crippen LogP contribution is 2.38. The number of benzene rings is 1. The van der Waals surface area contributed by atoms with Gasteiger partial charge in [0.15, 0.2) is 0 Å². The summed E-state index contributed by atoms with van der Waals surface area (Å²) in [6, 6.07) is 1.25. The van der Waals surface area contributed by atoms with E-state index in [4.69, 9.17) is 39.8 Å². The maximum absolute atomic E-state index is 9.06. The molecule has 0 unspecified atom stereocenters. The van der Waals surface area contributed by atoms with Crippen LogP contribution < -0.4 is 11.5 Å². The summed E-state index contributed by atoms with van der Waals surface area (Å²) in [5.41, 5.74) is 11.0. The van der Waals surface area contributed by atoms with Crippen molar-refractivity contribution in [2.45, 2.75) is 0 Å². The third-order valence-corrected chi connectivity index (χ3v) is 1.99. The van der Waals surface area contributed by atoms with Gasteiger partial charge < -0.3 is 16.6 Å². The van der Waals surface area contributed by atoms with Gasteiger partial charge >= 0.3 is 0 Å². The maximum atomic E-state index is 9.06. The average Bonchev–Trinajstić information content (AvgIpc) is 1.97. The maximum Gasteiger partial charge on any atom is 0.141 e. The van der Waals surface area contributed by atoms with Crippen LogP contribution in [0.3, 0.4) is 0 Å². The van der Waals surface area contributed by atoms with Crippen molar-refractivity contribution < 1.29 is 5.11 Å². The molecule has 0 aliphatic carbocycles. The van der Waals surface area contributed by atoms with E-state index >= 15 is 0 Å². The summed E-state index contributed by atoms with van der Waals surface area (Å²) < 4.78 is 0. The van der Waals surface area contributed by atoms with E-state index in [0.717, 1.165) is 0 Å². The molecule has 0 saturated carbocycles. The minimum Gasteiger partial charge on any atom is -0.506 e. The van der Waals surface area contributed by atoms with Crippen molar-refractivity contribution in [1.29, 1.82) is 0 Å². The molecule has 0 spiro atoms. The lowest BCUT2D eigenvalue weighted by molar-refractivity contribution is 0.478. The van der Waals surface area contributed by atoms with E-state index in [0.29, 0.717) is 0 Å². The van der Waals surface area contributed by atoms with Crippen LogP contribution in [-0.4, -0.2) is 5.11 Å². The van der Waals surface area contributed by atoms with Gasteiger partial charge in [-0.05, 0) is 0 Å². The predicted octanol–water partition coefficient (Wildman–Crippen LogP) is 1.86. The minimum atomic E-state index is -0.158. The van der Waals surface area contributed by atoms with Crippen molar-refractivity contribution in [2.75, 3.05) is 11.5 Å². The van der Waals surface area contributed by atoms with Crippen molar-refractivity contribution >= 4 is 34.6 Å². The Hall–Kier alpha value is -0.800. The van der Waals surface area contributed by atoms with E-state index in [-0.39, 0.29) is 27.2 Å². The van der Waals surface area contributed by atoms with E-state index in [1.807, 2.05) is 0 Å². The molecule has 0 aliphatic rings. The second-order valence-electron chi connectivity index (χ2n) is 2.02. The normalized spacial score (nSPS) is 10.0. The highest BCUT2D eigenvalue weighted by Gasteiger charge is 2.09. The summed E-state index contributed by atoms with van der Waals surface area (Å²) in [5, 5.41) is 9.34. The van der Waals surface area contributed by atoms with Crippen LogP contribution in [0.4, 0.5) is 11.4 Å². The molecule has 1 aromatic carbocycles. The van der Waals surface area contributed by atoms with E-state index in [2.05, 4.69) is 0 Å². The van der Waals surface area contributed by atoms with Crippen LogP contribution in [0.15, 0.2) is 6.07 Å². The van der Waals surface area contributed by atoms with Crippen molar-refractivity contribution in [3.8, 4) is 5.75 Å². The highest BCUT2D eigenvalue weighted by atomic mass is 35.5. The number of halogens is 2. The Morgan fingerprint density at radius 2 is 1.73 bits per heavy atom. The highest BCUT2D eigenvalue weighted by molar-refractivity contribution is 6.40. The zero-order valence-corrected chi connectivity index (χ0v) is 6.95. The zero-order valence-electron chi connectivity index (χ0n) is 5.44. The Labute approximate surface area is 73.5 Å². The smallest absolute Gasteiger partial charge is 0.141 e. The first-order valence-electron chi connectivity index (χ1n) is 2.76. The van der Waals surface area contributed by atoms with Gasteiger partial charge in [0.25, 0.3) is 0 Å². The van der Waals surface area contributed by atoms with Gasteiger partial charge in [0, 0.05) is 6.07 Å². The number of hydrogen-bond donors (Lipinski definition) is 3. The second-order valence-corrected chi connectivity index (χ2v) is 2.80. The third kappa shape index (κ3) is 1.29. The molecule has 11 heavy (non-hydrogen) atoms. The number of phenolic OH excluding ortho intramolecular Hbond substituents is 1. The molecule has 0 aromatic heterocycles. The van der Waals surface area contributed by atoms with Gasteiger partial charge in [-0.2, -0.15) is 0 Å². The van der Waals surface area contributed by atoms with Crippen LogP contribution in [0, 0.1) is 0 Å². The average molecular weight is 193 g/mol. The van der Waals surface area contributed by atoms with Crippen LogP contribution >= 0.6 is 23.2 Å². The molecule has 0 fully saturated rings. The molecule has 0 radical (unpaired) electrons. The summed E-state index contributed by atoms with van der Waals surface area (Å²) >= 11 is 11.2. The summed E-state index contributed by atoms with van der Waals surface area (Å²) in [5.74, 6) is -0.158. The van der Waals surface area contributed by atoms with Gasteiger partial charge in [0.2, 0.25) is 0 Å². The molecule has 0 bridgehead atoms. The molecule has 1 rings (SSSR count). The first-order valence-corrected chi connectivity index (χ1v) is 3.51. The monoisotopic (exact) mass is 192 g/mol. The summed E-state index contributed by atoms with van der Waals surface area (Å²) in [6.45, 7) is 0. The number of aromatic hydroxyl groups is 1. The quantitative estimate of drug-likeness (QED) is 0.334. The minimum absolute atomic E-state index is 0.0496. The number of rotatable bonds is 0. The Bertz CT molecular complexity index is 275. The van der Waals surface area contributed by atoms with Crippen LogP contribution in [0.2, 0.25) is 10.0 Å². The molecular weight excluding hydrogens is 187 g/mol. The van der Waals surface area contributed by atoms with E-state index < -0.39 is 0 Å². The van der Waals surface area contributed by atoms with Crippen molar-refractivity contribution in [1.82, 2.24) is 0 Å². The number of hydrogen-bond acceptors (Lipinski definition) is 3. The van der Waals surface area contributed by atoms with Crippen LogP contribution in [0.1, 0.15) is 0 Å². The van der Waals surface area contributed by atoms with Crippen LogP contribution in [-0.2, 0) is 0 Å². The molecule has 5 heteroatoms. The van der Waals surface area contributed by atoms with E-state index in [1.54, 1.807) is 0 Å². The molecule has 60 valence electrons. The lowest BCUT2D eigenvalue weighted by Gasteiger charge is -2.05. The summed E-state index contributed by atoms with van der Waals surface area (Å²) in [4.78, 5) is 0. The Balaban J connectivity index is 3.46. The van der Waals surface area contributed by atoms with E-state index in [1.165, 1.54) is 6.07 Å². The van der Waals surface area contributed by atoms with E-state index in [9.17, 15) is 0 Å². The molecule has 1 aromatic rings. The topological polar surface area (TPSA) is 72.3 Å².